The zero-order valence-electron chi connectivity index (χ0n) is 12.8. The first-order chi connectivity index (χ1) is 11.9. The van der Waals surface area contributed by atoms with E-state index >= 15 is 0 Å². The van der Waals surface area contributed by atoms with Gasteiger partial charge in [-0.05, 0) is 12.1 Å². The molecule has 3 heterocycles. The van der Waals surface area contributed by atoms with Crippen molar-refractivity contribution in [1.82, 2.24) is 20.1 Å². The van der Waals surface area contributed by atoms with Gasteiger partial charge in [0.1, 0.15) is 0 Å². The lowest BCUT2D eigenvalue weighted by Crippen LogP contribution is -2.15. The molecule has 0 spiro atoms. The number of nitrogens with zero attached hydrogens (tertiary/aromatic N) is 3. The second kappa shape index (κ2) is 6.38. The van der Waals surface area contributed by atoms with E-state index in [2.05, 4.69) is 24.6 Å². The van der Waals surface area contributed by atoms with Crippen molar-refractivity contribution in [2.45, 2.75) is 12.6 Å². The Morgan fingerprint density at radius 3 is 2.80 bits per heavy atom. The second-order valence-electron chi connectivity index (χ2n) is 4.97. The molecule has 0 amide bonds. The van der Waals surface area contributed by atoms with E-state index in [1.165, 1.54) is 25.6 Å². The van der Waals surface area contributed by atoms with Crippen molar-refractivity contribution in [3.63, 3.8) is 0 Å². The first-order valence-electron chi connectivity index (χ1n) is 7.00. The number of alkyl halides is 3. The Kier molecular flexibility index (Phi) is 4.26. The molecule has 130 valence electrons. The molecule has 0 saturated heterocycles. The average molecular weight is 352 g/mol. The van der Waals surface area contributed by atoms with Crippen LogP contribution in [0.3, 0.4) is 0 Å². The number of hydrogen-bond donors (Lipinski definition) is 1. The highest BCUT2D eigenvalue weighted by atomic mass is 19.4. The van der Waals surface area contributed by atoms with Gasteiger partial charge in [0, 0.05) is 35.5 Å². The standard InChI is InChI=1S/C15H11F3N4O3/c1-24-13-8(3-2-5-20-13)7-10-9(4-6-19-12(10)23)11-21-14(25-22-11)15(16,17)18/h2-6H,7H2,1H3,(H,19,23). The molecule has 0 unspecified atom stereocenters. The molecular formula is C15H11F3N4O3. The van der Waals surface area contributed by atoms with Crippen LogP contribution in [0.1, 0.15) is 17.0 Å². The lowest BCUT2D eigenvalue weighted by atomic mass is 10.0. The Bertz CT molecular complexity index is 949. The molecule has 0 saturated carbocycles. The number of aromatic amines is 1. The van der Waals surface area contributed by atoms with Gasteiger partial charge >= 0.3 is 12.1 Å². The van der Waals surface area contributed by atoms with Gasteiger partial charge in [0.15, 0.2) is 0 Å². The number of nitrogens with one attached hydrogen (secondary N) is 1. The summed E-state index contributed by atoms with van der Waals surface area (Å²) in [5, 5.41) is 3.33. The van der Waals surface area contributed by atoms with Gasteiger partial charge in [0.25, 0.3) is 5.56 Å². The lowest BCUT2D eigenvalue weighted by Gasteiger charge is -2.08. The maximum absolute atomic E-state index is 12.7. The van der Waals surface area contributed by atoms with Crippen LogP contribution in [0.4, 0.5) is 13.2 Å². The SMILES string of the molecule is COc1ncccc1Cc1c(-c2noc(C(F)(F)F)n2)cc[nH]c1=O. The number of halogens is 3. The maximum atomic E-state index is 12.7. The summed E-state index contributed by atoms with van der Waals surface area (Å²) >= 11 is 0. The molecule has 0 aromatic carbocycles. The molecule has 3 aromatic rings. The Hall–Kier alpha value is -3.17. The van der Waals surface area contributed by atoms with Gasteiger partial charge in [-0.1, -0.05) is 11.2 Å². The molecule has 0 fully saturated rings. The Morgan fingerprint density at radius 1 is 1.32 bits per heavy atom. The first kappa shape index (κ1) is 16.7. The highest BCUT2D eigenvalue weighted by Gasteiger charge is 2.38. The van der Waals surface area contributed by atoms with E-state index < -0.39 is 17.6 Å². The summed E-state index contributed by atoms with van der Waals surface area (Å²) in [5.74, 6) is -1.50. The van der Waals surface area contributed by atoms with E-state index in [0.717, 1.165) is 0 Å². The second-order valence-corrected chi connectivity index (χ2v) is 4.97. The zero-order valence-corrected chi connectivity index (χ0v) is 12.8. The summed E-state index contributed by atoms with van der Waals surface area (Å²) < 4.78 is 47.3. The van der Waals surface area contributed by atoms with Gasteiger partial charge in [-0.15, -0.1) is 0 Å². The van der Waals surface area contributed by atoms with Crippen molar-refractivity contribution in [1.29, 1.82) is 0 Å². The quantitative estimate of drug-likeness (QED) is 0.775. The third-order valence-electron chi connectivity index (χ3n) is 3.38. The van der Waals surface area contributed by atoms with Crippen molar-refractivity contribution >= 4 is 0 Å². The fourth-order valence-corrected chi connectivity index (χ4v) is 2.28. The highest BCUT2D eigenvalue weighted by molar-refractivity contribution is 5.60. The van der Waals surface area contributed by atoms with Crippen LogP contribution >= 0.6 is 0 Å². The van der Waals surface area contributed by atoms with Crippen LogP contribution in [-0.2, 0) is 12.6 Å². The summed E-state index contributed by atoms with van der Waals surface area (Å²) in [7, 11) is 1.43. The van der Waals surface area contributed by atoms with Gasteiger partial charge in [0.05, 0.1) is 7.11 Å². The van der Waals surface area contributed by atoms with Crippen LogP contribution in [-0.4, -0.2) is 27.2 Å². The van der Waals surface area contributed by atoms with E-state index in [0.29, 0.717) is 11.4 Å². The van der Waals surface area contributed by atoms with Crippen LogP contribution in [0.25, 0.3) is 11.4 Å². The molecule has 0 aliphatic rings. The van der Waals surface area contributed by atoms with Crippen molar-refractivity contribution in [3.8, 4) is 17.3 Å². The van der Waals surface area contributed by atoms with E-state index in [4.69, 9.17) is 4.74 Å². The number of hydrogen-bond acceptors (Lipinski definition) is 6. The molecule has 0 aliphatic carbocycles. The smallest absolute Gasteiger partial charge is 0.471 e. The average Bonchev–Trinajstić information content (AvgIpc) is 3.07. The molecule has 0 radical (unpaired) electrons. The van der Waals surface area contributed by atoms with Gasteiger partial charge in [-0.25, -0.2) is 4.98 Å². The molecule has 25 heavy (non-hydrogen) atoms. The third kappa shape index (κ3) is 3.37. The molecule has 0 bridgehead atoms. The van der Waals surface area contributed by atoms with E-state index in [9.17, 15) is 18.0 Å². The highest BCUT2D eigenvalue weighted by Crippen LogP contribution is 2.30. The van der Waals surface area contributed by atoms with E-state index in [-0.39, 0.29) is 23.4 Å². The third-order valence-corrected chi connectivity index (χ3v) is 3.38. The van der Waals surface area contributed by atoms with E-state index in [1.807, 2.05) is 0 Å². The van der Waals surface area contributed by atoms with Gasteiger partial charge in [-0.2, -0.15) is 18.2 Å². The van der Waals surface area contributed by atoms with Crippen LogP contribution in [0.15, 0.2) is 39.9 Å². The number of aromatic nitrogens is 4. The molecule has 3 aromatic heterocycles. The predicted molar refractivity (Wildman–Crippen MR) is 79.0 cm³/mol. The summed E-state index contributed by atoms with van der Waals surface area (Å²) in [4.78, 5) is 22.0. The molecule has 3 rings (SSSR count). The van der Waals surface area contributed by atoms with Crippen LogP contribution < -0.4 is 10.3 Å². The van der Waals surface area contributed by atoms with Gasteiger partial charge in [0.2, 0.25) is 11.7 Å². The maximum Gasteiger partial charge on any atom is 0.471 e. The van der Waals surface area contributed by atoms with Gasteiger partial charge < -0.3 is 14.2 Å². The Balaban J connectivity index is 2.07. The predicted octanol–water partition coefficient (Wildman–Crippen LogP) is 2.44. The molecule has 0 atom stereocenters. The summed E-state index contributed by atoms with van der Waals surface area (Å²) in [6, 6.07) is 4.76. The number of methoxy groups -OCH3 is 1. The van der Waals surface area contributed by atoms with Crippen molar-refractivity contribution in [3.05, 3.63) is 58.0 Å². The normalized spacial score (nSPS) is 11.5. The fraction of sp³-hybridized carbons (Fsp3) is 0.200. The fourth-order valence-electron chi connectivity index (χ4n) is 2.28. The molecule has 7 nitrogen and oxygen atoms in total. The molecule has 10 heteroatoms. The largest absolute Gasteiger partial charge is 0.481 e. The minimum atomic E-state index is -4.76. The topological polar surface area (TPSA) is 93.9 Å². The monoisotopic (exact) mass is 352 g/mol. The van der Waals surface area contributed by atoms with Crippen molar-refractivity contribution < 1.29 is 22.4 Å². The van der Waals surface area contributed by atoms with Crippen molar-refractivity contribution in [2.75, 3.05) is 7.11 Å². The number of ether oxygens (including phenoxy) is 1. The molecule has 1 N–H and O–H groups in total. The van der Waals surface area contributed by atoms with Crippen LogP contribution in [0, 0.1) is 0 Å². The molecular weight excluding hydrogens is 341 g/mol. The van der Waals surface area contributed by atoms with E-state index in [1.54, 1.807) is 12.1 Å². The van der Waals surface area contributed by atoms with Crippen LogP contribution in [0.2, 0.25) is 0 Å². The van der Waals surface area contributed by atoms with Crippen molar-refractivity contribution in [2.24, 2.45) is 0 Å². The number of pyridine rings is 2. The summed E-state index contributed by atoms with van der Waals surface area (Å²) in [6.45, 7) is 0. The zero-order chi connectivity index (χ0) is 18.0. The number of H-pyrrole nitrogens is 1. The number of rotatable bonds is 4. The van der Waals surface area contributed by atoms with Gasteiger partial charge in [-0.3, -0.25) is 4.79 Å². The Labute approximate surface area is 138 Å². The summed E-state index contributed by atoms with van der Waals surface area (Å²) in [6.07, 6.45) is -1.88. The summed E-state index contributed by atoms with van der Waals surface area (Å²) in [5.41, 5.74) is 0.404. The first-order valence-corrected chi connectivity index (χ1v) is 7.00. The Morgan fingerprint density at radius 2 is 2.12 bits per heavy atom. The van der Waals surface area contributed by atoms with Crippen LogP contribution in [0.5, 0.6) is 5.88 Å². The lowest BCUT2D eigenvalue weighted by molar-refractivity contribution is -0.159. The minimum absolute atomic E-state index is 0.0679. The molecule has 0 aliphatic heterocycles. The minimum Gasteiger partial charge on any atom is -0.481 e.